The summed E-state index contributed by atoms with van der Waals surface area (Å²) in [5.41, 5.74) is 5.39. The minimum absolute atomic E-state index is 0.0582. The maximum absolute atomic E-state index is 12.4. The van der Waals surface area contributed by atoms with Gasteiger partial charge in [-0.3, -0.25) is 25.2 Å². The van der Waals surface area contributed by atoms with Crippen molar-refractivity contribution in [1.29, 1.82) is 0 Å². The van der Waals surface area contributed by atoms with E-state index in [1.54, 1.807) is 36.4 Å². The molecule has 1 heterocycles. The average Bonchev–Trinajstić information content (AvgIpc) is 2.67. The van der Waals surface area contributed by atoms with Crippen LogP contribution in [0.2, 0.25) is 5.02 Å². The first-order valence-corrected chi connectivity index (χ1v) is 8.63. The Hall–Kier alpha value is -3.19. The van der Waals surface area contributed by atoms with Crippen LogP contribution in [0.25, 0.3) is 10.8 Å². The average molecular weight is 385 g/mol. The van der Waals surface area contributed by atoms with Gasteiger partial charge in [0.05, 0.1) is 5.39 Å². The number of carbonyl (C=O) groups is 2. The molecule has 1 aromatic heterocycles. The zero-order chi connectivity index (χ0) is 19.4. The van der Waals surface area contributed by atoms with Crippen LogP contribution in [0.1, 0.15) is 22.5 Å². The van der Waals surface area contributed by atoms with Crippen LogP contribution in [0.3, 0.4) is 0 Å². The van der Waals surface area contributed by atoms with Crippen molar-refractivity contribution in [1.82, 2.24) is 20.6 Å². The van der Waals surface area contributed by atoms with E-state index in [0.717, 1.165) is 10.2 Å². The summed E-state index contributed by atoms with van der Waals surface area (Å²) in [7, 11) is 1.47. The third-order valence-corrected chi connectivity index (χ3v) is 4.25. The Balaban J connectivity index is 1.66. The van der Waals surface area contributed by atoms with Crippen LogP contribution in [0.15, 0.2) is 53.3 Å². The smallest absolute Gasteiger partial charge is 0.273 e. The minimum atomic E-state index is -0.599. The normalized spacial score (nSPS) is 10.6. The fourth-order valence-corrected chi connectivity index (χ4v) is 2.88. The largest absolute Gasteiger partial charge is 0.290 e. The highest BCUT2D eigenvalue weighted by Gasteiger charge is 2.16. The summed E-state index contributed by atoms with van der Waals surface area (Å²) in [6.07, 6.45) is 0.672. The van der Waals surface area contributed by atoms with Crippen LogP contribution >= 0.6 is 11.6 Å². The third kappa shape index (κ3) is 4.32. The summed E-state index contributed by atoms with van der Waals surface area (Å²) in [6, 6.07) is 13.9. The summed E-state index contributed by atoms with van der Waals surface area (Å²) >= 11 is 5.91. The van der Waals surface area contributed by atoms with Gasteiger partial charge in [-0.15, -0.1) is 0 Å². The monoisotopic (exact) mass is 384 g/mol. The Kier molecular flexibility index (Phi) is 5.52. The molecule has 0 atom stereocenters. The van der Waals surface area contributed by atoms with Crippen molar-refractivity contribution < 1.29 is 9.59 Å². The Labute approximate surface area is 159 Å². The second kappa shape index (κ2) is 8.01. The third-order valence-electron chi connectivity index (χ3n) is 4.02. The maximum atomic E-state index is 12.4. The van der Waals surface area contributed by atoms with E-state index < -0.39 is 5.91 Å². The molecule has 0 unspecified atom stereocenters. The summed E-state index contributed by atoms with van der Waals surface area (Å²) in [5, 5.41) is 5.42. The fourth-order valence-electron chi connectivity index (χ4n) is 2.67. The SMILES string of the molecule is Cn1nc(C(=O)NNC(=O)CCc2cccc(Cl)c2)c2ccccc2c1=O. The number of hydrazine groups is 1. The van der Waals surface area contributed by atoms with Crippen molar-refractivity contribution in [3.63, 3.8) is 0 Å². The lowest BCUT2D eigenvalue weighted by molar-refractivity contribution is -0.121. The van der Waals surface area contributed by atoms with Gasteiger partial charge in [0.25, 0.3) is 11.5 Å². The zero-order valence-electron chi connectivity index (χ0n) is 14.5. The fraction of sp³-hybridized carbons (Fsp3) is 0.158. The quantitative estimate of drug-likeness (QED) is 0.673. The van der Waals surface area contributed by atoms with Gasteiger partial charge in [0.2, 0.25) is 5.91 Å². The molecule has 0 saturated carbocycles. The lowest BCUT2D eigenvalue weighted by Crippen LogP contribution is -2.42. The van der Waals surface area contributed by atoms with Gasteiger partial charge in [-0.25, -0.2) is 4.68 Å². The molecular formula is C19H17ClN4O3. The summed E-state index contributed by atoms with van der Waals surface area (Å²) in [4.78, 5) is 36.5. The molecule has 0 aliphatic heterocycles. The summed E-state index contributed by atoms with van der Waals surface area (Å²) < 4.78 is 1.10. The van der Waals surface area contributed by atoms with Crippen LogP contribution in [0.4, 0.5) is 0 Å². The molecule has 3 rings (SSSR count). The standard InChI is InChI=1S/C19H17ClN4O3/c1-24-19(27)15-8-3-2-7-14(15)17(23-24)18(26)22-21-16(25)10-9-12-5-4-6-13(20)11-12/h2-8,11H,9-10H2,1H3,(H,21,25)(H,22,26). The molecule has 138 valence electrons. The highest BCUT2D eigenvalue weighted by molar-refractivity contribution is 6.30. The van der Waals surface area contributed by atoms with Gasteiger partial charge in [0, 0.05) is 23.9 Å². The van der Waals surface area contributed by atoms with E-state index in [1.807, 2.05) is 12.1 Å². The lowest BCUT2D eigenvalue weighted by Gasteiger charge is -2.10. The molecule has 0 aliphatic carbocycles. The van der Waals surface area contributed by atoms with E-state index in [9.17, 15) is 14.4 Å². The van der Waals surface area contributed by atoms with Crippen molar-refractivity contribution in [3.05, 3.63) is 75.2 Å². The zero-order valence-corrected chi connectivity index (χ0v) is 15.3. The first-order chi connectivity index (χ1) is 13.0. The number of nitrogens with zero attached hydrogens (tertiary/aromatic N) is 2. The van der Waals surface area contributed by atoms with Crippen LogP contribution in [-0.4, -0.2) is 21.6 Å². The molecule has 7 nitrogen and oxygen atoms in total. The second-order valence-electron chi connectivity index (χ2n) is 5.96. The number of hydrogen-bond acceptors (Lipinski definition) is 4. The molecule has 3 aromatic rings. The number of aryl methyl sites for hydroxylation is 2. The number of carbonyl (C=O) groups excluding carboxylic acids is 2. The van der Waals surface area contributed by atoms with Gasteiger partial charge in [-0.1, -0.05) is 41.9 Å². The first kappa shape index (κ1) is 18.6. The number of benzene rings is 2. The summed E-state index contributed by atoms with van der Waals surface area (Å²) in [5.74, 6) is -0.949. The van der Waals surface area contributed by atoms with Gasteiger partial charge >= 0.3 is 0 Å². The number of rotatable bonds is 4. The highest BCUT2D eigenvalue weighted by Crippen LogP contribution is 2.13. The minimum Gasteiger partial charge on any atom is -0.273 e. The Morgan fingerprint density at radius 1 is 1.07 bits per heavy atom. The number of aromatic nitrogens is 2. The molecule has 0 aliphatic rings. The van der Waals surface area contributed by atoms with Crippen molar-refractivity contribution in [3.8, 4) is 0 Å². The van der Waals surface area contributed by atoms with Crippen molar-refractivity contribution in [2.75, 3.05) is 0 Å². The van der Waals surface area contributed by atoms with Gasteiger partial charge in [0.1, 0.15) is 0 Å². The molecular weight excluding hydrogens is 368 g/mol. The highest BCUT2D eigenvalue weighted by atomic mass is 35.5. The number of nitrogens with one attached hydrogen (secondary N) is 2. The second-order valence-corrected chi connectivity index (χ2v) is 6.39. The van der Waals surface area contributed by atoms with E-state index in [1.165, 1.54) is 7.05 Å². The Bertz CT molecular complexity index is 1080. The van der Waals surface area contributed by atoms with Crippen LogP contribution in [0, 0.1) is 0 Å². The van der Waals surface area contributed by atoms with E-state index in [4.69, 9.17) is 11.6 Å². The number of halogens is 1. The topological polar surface area (TPSA) is 93.1 Å². The Morgan fingerprint density at radius 2 is 1.81 bits per heavy atom. The molecule has 0 radical (unpaired) electrons. The molecule has 0 saturated heterocycles. The van der Waals surface area contributed by atoms with Crippen LogP contribution in [0.5, 0.6) is 0 Å². The predicted octanol–water partition coefficient (Wildman–Crippen LogP) is 1.98. The first-order valence-electron chi connectivity index (χ1n) is 8.25. The van der Waals surface area contributed by atoms with Gasteiger partial charge in [-0.2, -0.15) is 5.10 Å². The molecule has 0 bridgehead atoms. The van der Waals surface area contributed by atoms with E-state index >= 15 is 0 Å². The molecule has 0 spiro atoms. The molecule has 2 amide bonds. The molecule has 8 heteroatoms. The van der Waals surface area contributed by atoms with Crippen molar-refractivity contribution >= 4 is 34.2 Å². The van der Waals surface area contributed by atoms with E-state index in [-0.39, 0.29) is 23.6 Å². The van der Waals surface area contributed by atoms with Gasteiger partial charge < -0.3 is 0 Å². The molecule has 2 aromatic carbocycles. The van der Waals surface area contributed by atoms with Crippen molar-refractivity contribution in [2.45, 2.75) is 12.8 Å². The van der Waals surface area contributed by atoms with E-state index in [2.05, 4.69) is 16.0 Å². The maximum Gasteiger partial charge on any atom is 0.290 e. The molecule has 2 N–H and O–H groups in total. The summed E-state index contributed by atoms with van der Waals surface area (Å²) in [6.45, 7) is 0. The predicted molar refractivity (Wildman–Crippen MR) is 102 cm³/mol. The van der Waals surface area contributed by atoms with E-state index in [0.29, 0.717) is 22.2 Å². The molecule has 27 heavy (non-hydrogen) atoms. The number of hydrogen-bond donors (Lipinski definition) is 2. The van der Waals surface area contributed by atoms with Gasteiger partial charge in [-0.05, 0) is 30.2 Å². The van der Waals surface area contributed by atoms with Crippen LogP contribution < -0.4 is 16.4 Å². The Morgan fingerprint density at radius 3 is 2.56 bits per heavy atom. The van der Waals surface area contributed by atoms with Crippen molar-refractivity contribution in [2.24, 2.45) is 7.05 Å². The number of amides is 2. The lowest BCUT2D eigenvalue weighted by atomic mass is 10.1. The van der Waals surface area contributed by atoms with Gasteiger partial charge in [0.15, 0.2) is 5.69 Å². The number of fused-ring (bicyclic) bond motifs is 1. The van der Waals surface area contributed by atoms with Crippen LogP contribution in [-0.2, 0) is 18.3 Å². The molecule has 0 fully saturated rings.